The molecule has 0 aliphatic rings. The van der Waals surface area contributed by atoms with Crippen LogP contribution in [-0.4, -0.2) is 24.3 Å². The standard InChI is InChI=1S/C8H16O3/c1-4-6(2)5-7(9)8(10)11-3/h6-7,9H,4-5H2,1-3H3. The zero-order valence-electron chi connectivity index (χ0n) is 7.33. The smallest absolute Gasteiger partial charge is 0.334 e. The normalized spacial score (nSPS) is 15.6. The van der Waals surface area contributed by atoms with Gasteiger partial charge >= 0.3 is 5.97 Å². The van der Waals surface area contributed by atoms with Crippen LogP contribution in [0.15, 0.2) is 0 Å². The third-order valence-electron chi connectivity index (χ3n) is 1.80. The second kappa shape index (κ2) is 5.13. The molecule has 0 aromatic carbocycles. The number of aliphatic hydroxyl groups is 1. The van der Waals surface area contributed by atoms with Gasteiger partial charge in [-0.1, -0.05) is 20.3 Å². The molecule has 0 radical (unpaired) electrons. The van der Waals surface area contributed by atoms with Gasteiger partial charge in [-0.2, -0.15) is 0 Å². The van der Waals surface area contributed by atoms with Gasteiger partial charge < -0.3 is 9.84 Å². The van der Waals surface area contributed by atoms with E-state index in [2.05, 4.69) is 4.74 Å². The third kappa shape index (κ3) is 3.98. The first-order valence-corrected chi connectivity index (χ1v) is 3.87. The highest BCUT2D eigenvalue weighted by atomic mass is 16.5. The van der Waals surface area contributed by atoms with Crippen LogP contribution in [-0.2, 0) is 9.53 Å². The summed E-state index contributed by atoms with van der Waals surface area (Å²) in [6, 6.07) is 0. The molecule has 66 valence electrons. The largest absolute Gasteiger partial charge is 0.467 e. The number of hydrogen-bond donors (Lipinski definition) is 1. The summed E-state index contributed by atoms with van der Waals surface area (Å²) in [6.07, 6.45) is 0.506. The van der Waals surface area contributed by atoms with Gasteiger partial charge in [0.05, 0.1) is 7.11 Å². The molecule has 0 amide bonds. The van der Waals surface area contributed by atoms with E-state index in [1.807, 2.05) is 13.8 Å². The fourth-order valence-electron chi connectivity index (χ4n) is 0.780. The molecule has 0 bridgehead atoms. The second-order valence-electron chi connectivity index (χ2n) is 2.79. The molecule has 1 N–H and O–H groups in total. The van der Waals surface area contributed by atoms with E-state index in [1.165, 1.54) is 7.11 Å². The van der Waals surface area contributed by atoms with Crippen LogP contribution in [0.25, 0.3) is 0 Å². The van der Waals surface area contributed by atoms with Crippen LogP contribution in [0, 0.1) is 5.92 Å². The average molecular weight is 160 g/mol. The lowest BCUT2D eigenvalue weighted by molar-refractivity contribution is -0.151. The molecule has 2 atom stereocenters. The van der Waals surface area contributed by atoms with Gasteiger partial charge in [-0.25, -0.2) is 4.79 Å². The minimum absolute atomic E-state index is 0.365. The van der Waals surface area contributed by atoms with Crippen molar-refractivity contribution < 1.29 is 14.6 Å². The summed E-state index contributed by atoms with van der Waals surface area (Å²) in [4.78, 5) is 10.7. The Kier molecular flexibility index (Phi) is 4.86. The van der Waals surface area contributed by atoms with Gasteiger partial charge in [0.25, 0.3) is 0 Å². The molecule has 3 heteroatoms. The van der Waals surface area contributed by atoms with Crippen LogP contribution < -0.4 is 0 Å². The van der Waals surface area contributed by atoms with Crippen molar-refractivity contribution in [3.63, 3.8) is 0 Å². The highest BCUT2D eigenvalue weighted by molar-refractivity contribution is 5.74. The van der Waals surface area contributed by atoms with E-state index >= 15 is 0 Å². The molecule has 0 fully saturated rings. The molecule has 0 heterocycles. The van der Waals surface area contributed by atoms with E-state index in [4.69, 9.17) is 5.11 Å². The van der Waals surface area contributed by atoms with Crippen molar-refractivity contribution in [3.8, 4) is 0 Å². The predicted molar refractivity (Wildman–Crippen MR) is 42.1 cm³/mol. The van der Waals surface area contributed by atoms with Crippen LogP contribution in [0.2, 0.25) is 0 Å². The van der Waals surface area contributed by atoms with Gasteiger partial charge in [-0.3, -0.25) is 0 Å². The minimum Gasteiger partial charge on any atom is -0.467 e. The molecule has 0 saturated carbocycles. The Bertz CT molecular complexity index is 123. The predicted octanol–water partition coefficient (Wildman–Crippen LogP) is 0.956. The number of esters is 1. The maximum absolute atomic E-state index is 10.7. The highest BCUT2D eigenvalue weighted by Gasteiger charge is 2.17. The van der Waals surface area contributed by atoms with E-state index in [0.717, 1.165) is 6.42 Å². The van der Waals surface area contributed by atoms with Crippen LogP contribution in [0.1, 0.15) is 26.7 Å². The maximum Gasteiger partial charge on any atom is 0.334 e. The molecular formula is C8H16O3. The van der Waals surface area contributed by atoms with Crippen molar-refractivity contribution in [1.82, 2.24) is 0 Å². The van der Waals surface area contributed by atoms with Crippen LogP contribution in [0.5, 0.6) is 0 Å². The quantitative estimate of drug-likeness (QED) is 0.623. The molecule has 0 aliphatic heterocycles. The minimum atomic E-state index is -0.949. The number of carbonyl (C=O) groups excluding carboxylic acids is 1. The topological polar surface area (TPSA) is 46.5 Å². The molecular weight excluding hydrogens is 144 g/mol. The van der Waals surface area contributed by atoms with Gasteiger partial charge in [0.15, 0.2) is 6.10 Å². The highest BCUT2D eigenvalue weighted by Crippen LogP contribution is 2.10. The summed E-state index contributed by atoms with van der Waals surface area (Å²) in [7, 11) is 1.28. The molecule has 0 aliphatic carbocycles. The zero-order valence-corrected chi connectivity index (χ0v) is 7.33. The molecule has 0 spiro atoms. The second-order valence-corrected chi connectivity index (χ2v) is 2.79. The van der Waals surface area contributed by atoms with Crippen molar-refractivity contribution in [2.75, 3.05) is 7.11 Å². The number of ether oxygens (including phenoxy) is 1. The Morgan fingerprint density at radius 3 is 2.55 bits per heavy atom. The summed E-state index contributed by atoms with van der Waals surface area (Å²) in [5, 5.41) is 9.14. The van der Waals surface area contributed by atoms with E-state index in [-0.39, 0.29) is 0 Å². The molecule has 11 heavy (non-hydrogen) atoms. The molecule has 0 rings (SSSR count). The number of carbonyl (C=O) groups is 1. The van der Waals surface area contributed by atoms with Crippen molar-refractivity contribution in [2.24, 2.45) is 5.92 Å². The first kappa shape index (κ1) is 10.4. The van der Waals surface area contributed by atoms with Crippen molar-refractivity contribution in [3.05, 3.63) is 0 Å². The first-order valence-electron chi connectivity index (χ1n) is 3.87. The first-order chi connectivity index (χ1) is 5.11. The van der Waals surface area contributed by atoms with Crippen LogP contribution >= 0.6 is 0 Å². The number of methoxy groups -OCH3 is 1. The Labute approximate surface area is 67.4 Å². The van der Waals surface area contributed by atoms with Gasteiger partial charge in [-0.05, 0) is 12.3 Å². The van der Waals surface area contributed by atoms with Gasteiger partial charge in [0.2, 0.25) is 0 Å². The van der Waals surface area contributed by atoms with Crippen LogP contribution in [0.3, 0.4) is 0 Å². The maximum atomic E-state index is 10.7. The molecule has 0 aromatic heterocycles. The van der Waals surface area contributed by atoms with Gasteiger partial charge in [0.1, 0.15) is 0 Å². The Morgan fingerprint density at radius 1 is 1.64 bits per heavy atom. The zero-order chi connectivity index (χ0) is 8.85. The van der Waals surface area contributed by atoms with Crippen molar-refractivity contribution >= 4 is 5.97 Å². The van der Waals surface area contributed by atoms with Crippen molar-refractivity contribution in [1.29, 1.82) is 0 Å². The summed E-state index contributed by atoms with van der Waals surface area (Å²) in [6.45, 7) is 4.01. The fourth-order valence-corrected chi connectivity index (χ4v) is 0.780. The number of aliphatic hydroxyl groups excluding tert-OH is 1. The van der Waals surface area contributed by atoms with E-state index in [0.29, 0.717) is 12.3 Å². The SMILES string of the molecule is CCC(C)CC(O)C(=O)OC. The summed E-state index contributed by atoms with van der Waals surface area (Å²) in [5.74, 6) is -0.172. The van der Waals surface area contributed by atoms with Gasteiger partial charge in [0, 0.05) is 0 Å². The summed E-state index contributed by atoms with van der Waals surface area (Å²) < 4.78 is 4.37. The van der Waals surface area contributed by atoms with Crippen molar-refractivity contribution in [2.45, 2.75) is 32.8 Å². The Morgan fingerprint density at radius 2 is 2.18 bits per heavy atom. The monoisotopic (exact) mass is 160 g/mol. The Hall–Kier alpha value is -0.570. The van der Waals surface area contributed by atoms with E-state index < -0.39 is 12.1 Å². The average Bonchev–Trinajstić information content (AvgIpc) is 2.02. The lowest BCUT2D eigenvalue weighted by atomic mass is 10.0. The molecule has 2 unspecified atom stereocenters. The lowest BCUT2D eigenvalue weighted by Gasteiger charge is -2.12. The van der Waals surface area contributed by atoms with Crippen LogP contribution in [0.4, 0.5) is 0 Å². The van der Waals surface area contributed by atoms with Gasteiger partial charge in [-0.15, -0.1) is 0 Å². The third-order valence-corrected chi connectivity index (χ3v) is 1.80. The lowest BCUT2D eigenvalue weighted by Crippen LogP contribution is -2.23. The number of hydrogen-bond acceptors (Lipinski definition) is 3. The molecule has 0 saturated heterocycles. The fraction of sp³-hybridized carbons (Fsp3) is 0.875. The van der Waals surface area contributed by atoms with E-state index in [9.17, 15) is 4.79 Å². The summed E-state index contributed by atoms with van der Waals surface area (Å²) in [5.41, 5.74) is 0. The molecule has 3 nitrogen and oxygen atoms in total. The van der Waals surface area contributed by atoms with E-state index in [1.54, 1.807) is 0 Å². The summed E-state index contributed by atoms with van der Waals surface area (Å²) >= 11 is 0. The molecule has 0 aromatic rings. The number of rotatable bonds is 4. The Balaban J connectivity index is 3.67.